The molecule has 14 aromatic rings. The molecule has 0 spiro atoms. The Balaban J connectivity index is 0.974. The minimum absolute atomic E-state index is 0.348. The average Bonchev–Trinajstić information content (AvgIpc) is 4.06. The van der Waals surface area contributed by atoms with Crippen LogP contribution in [-0.4, -0.2) is 0 Å². The Morgan fingerprint density at radius 3 is 1.12 bits per heavy atom. The van der Waals surface area contributed by atoms with Crippen LogP contribution in [0.4, 0.5) is 34.1 Å². The second-order valence-corrected chi connectivity index (χ2v) is 22.3. The molecular weight excluding hydrogens is 965 g/mol. The summed E-state index contributed by atoms with van der Waals surface area (Å²) in [5.41, 5.74) is 18.7. The fourth-order valence-corrected chi connectivity index (χ4v) is 14.3. The van der Waals surface area contributed by atoms with E-state index in [4.69, 9.17) is 0 Å². The van der Waals surface area contributed by atoms with E-state index in [2.05, 4.69) is 315 Å². The van der Waals surface area contributed by atoms with E-state index < -0.39 is 5.41 Å². The van der Waals surface area contributed by atoms with Gasteiger partial charge in [0.1, 0.15) is 0 Å². The topological polar surface area (TPSA) is 6.48 Å². The Hall–Kier alpha value is -10.0. The molecule has 16 rings (SSSR count). The first-order valence-electron chi connectivity index (χ1n) is 28.0. The molecule has 2 heteroatoms. The molecular formula is C78H54N2. The van der Waals surface area contributed by atoms with Gasteiger partial charge in [-0.15, -0.1) is 0 Å². The average molecular weight is 1020 g/mol. The van der Waals surface area contributed by atoms with Gasteiger partial charge in [0.15, 0.2) is 0 Å². The minimum Gasteiger partial charge on any atom is -0.309 e. The third-order valence-electron chi connectivity index (χ3n) is 17.8. The summed E-state index contributed by atoms with van der Waals surface area (Å²) in [7, 11) is 0. The van der Waals surface area contributed by atoms with Gasteiger partial charge in [0.05, 0.1) is 33.9 Å². The first-order chi connectivity index (χ1) is 39.5. The second-order valence-electron chi connectivity index (χ2n) is 22.3. The van der Waals surface area contributed by atoms with Crippen molar-refractivity contribution in [2.75, 3.05) is 9.80 Å². The van der Waals surface area contributed by atoms with Crippen LogP contribution in [0.2, 0.25) is 0 Å². The quantitative estimate of drug-likeness (QED) is 0.150. The molecule has 2 aliphatic rings. The molecule has 0 unspecified atom stereocenters. The van der Waals surface area contributed by atoms with Crippen LogP contribution < -0.4 is 9.80 Å². The fraction of sp³-hybridized carbons (Fsp3) is 0.0513. The Kier molecular flexibility index (Phi) is 10.2. The highest BCUT2D eigenvalue weighted by molar-refractivity contribution is 6.15. The number of nitrogens with zero attached hydrogens (tertiary/aromatic N) is 2. The first kappa shape index (κ1) is 46.1. The number of hydrogen-bond donors (Lipinski definition) is 0. The standard InChI is InChI=1S/C78H54N2/c1-77(2)67-47-57(79(71-41-19-27-51-23-9-13-35-58(51)71)72-42-20-28-52-24-10-14-36-59(52)72)45-46-62(67)65-48-69-66(49-68(65)77)76-64-40-18-17-39-63(64)75(50-70(76)78(69,55-31-5-3-6-32-55)56-33-7-4-8-34-56)80(73-43-21-29-53-25-11-15-37-60(53)73)74-44-22-30-54-26-12-16-38-61(54)74/h3-50H,1-2H3. The van der Waals surface area contributed by atoms with Gasteiger partial charge in [0, 0.05) is 38.0 Å². The van der Waals surface area contributed by atoms with Crippen molar-refractivity contribution in [2.45, 2.75) is 24.7 Å². The van der Waals surface area contributed by atoms with Crippen molar-refractivity contribution >= 4 is 88.0 Å². The van der Waals surface area contributed by atoms with Crippen molar-refractivity contribution in [1.29, 1.82) is 0 Å². The van der Waals surface area contributed by atoms with Gasteiger partial charge in [-0.05, 0) is 137 Å². The first-order valence-corrected chi connectivity index (χ1v) is 28.0. The molecule has 0 radical (unpaired) electrons. The summed E-state index contributed by atoms with van der Waals surface area (Å²) >= 11 is 0. The van der Waals surface area contributed by atoms with Crippen LogP contribution in [0.5, 0.6) is 0 Å². The smallest absolute Gasteiger partial charge is 0.0714 e. The van der Waals surface area contributed by atoms with Crippen molar-refractivity contribution in [2.24, 2.45) is 0 Å². The largest absolute Gasteiger partial charge is 0.309 e. The summed E-state index contributed by atoms with van der Waals surface area (Å²) in [6.07, 6.45) is 0. The van der Waals surface area contributed by atoms with E-state index in [0.29, 0.717) is 0 Å². The van der Waals surface area contributed by atoms with Crippen molar-refractivity contribution in [3.8, 4) is 22.3 Å². The van der Waals surface area contributed by atoms with Gasteiger partial charge in [-0.25, -0.2) is 0 Å². The summed E-state index contributed by atoms with van der Waals surface area (Å²) in [6, 6.07) is 109. The second kappa shape index (κ2) is 17.8. The number of fused-ring (bicyclic) bond motifs is 12. The summed E-state index contributed by atoms with van der Waals surface area (Å²) < 4.78 is 0. The molecule has 0 N–H and O–H groups in total. The number of rotatable bonds is 8. The van der Waals surface area contributed by atoms with E-state index >= 15 is 0 Å². The summed E-state index contributed by atoms with van der Waals surface area (Å²) in [5, 5.41) is 12.1. The van der Waals surface area contributed by atoms with Gasteiger partial charge in [0.25, 0.3) is 0 Å². The van der Waals surface area contributed by atoms with Crippen LogP contribution in [0.25, 0.3) is 76.1 Å². The zero-order chi connectivity index (χ0) is 53.1. The third kappa shape index (κ3) is 6.66. The minimum atomic E-state index is -0.698. The van der Waals surface area contributed by atoms with Gasteiger partial charge >= 0.3 is 0 Å². The predicted octanol–water partition coefficient (Wildman–Crippen LogP) is 21.1. The van der Waals surface area contributed by atoms with Crippen molar-refractivity contribution in [3.05, 3.63) is 325 Å². The zero-order valence-electron chi connectivity index (χ0n) is 44.6. The summed E-state index contributed by atoms with van der Waals surface area (Å²) in [5.74, 6) is 0. The van der Waals surface area contributed by atoms with Gasteiger partial charge in [-0.1, -0.05) is 250 Å². The predicted molar refractivity (Wildman–Crippen MR) is 338 cm³/mol. The zero-order valence-corrected chi connectivity index (χ0v) is 44.6. The lowest BCUT2D eigenvalue weighted by molar-refractivity contribution is 0.660. The molecule has 14 aromatic carbocycles. The van der Waals surface area contributed by atoms with Gasteiger partial charge in [-0.2, -0.15) is 0 Å². The number of hydrogen-bond acceptors (Lipinski definition) is 2. The van der Waals surface area contributed by atoms with Crippen LogP contribution >= 0.6 is 0 Å². The number of benzene rings is 14. The molecule has 2 aliphatic carbocycles. The summed E-state index contributed by atoms with van der Waals surface area (Å²) in [6.45, 7) is 4.89. The molecule has 0 aromatic heterocycles. The molecule has 376 valence electrons. The molecule has 0 aliphatic heterocycles. The maximum absolute atomic E-state index is 2.60. The molecule has 0 heterocycles. The third-order valence-corrected chi connectivity index (χ3v) is 17.8. The monoisotopic (exact) mass is 1020 g/mol. The fourth-order valence-electron chi connectivity index (χ4n) is 14.3. The van der Waals surface area contributed by atoms with Gasteiger partial charge < -0.3 is 9.80 Å². The van der Waals surface area contributed by atoms with E-state index in [0.717, 1.165) is 34.1 Å². The van der Waals surface area contributed by atoms with E-state index in [9.17, 15) is 0 Å². The van der Waals surface area contributed by atoms with Crippen LogP contribution in [0, 0.1) is 0 Å². The highest BCUT2D eigenvalue weighted by atomic mass is 15.2. The SMILES string of the molecule is CC1(C)c2cc(N(c3cccc4ccccc34)c3cccc4ccccc34)ccc2-c2cc3c(cc21)-c1c(cc(N(c2cccc4ccccc24)c2cccc4ccccc24)c2ccccc12)C3(c1ccccc1)c1ccccc1. The van der Waals surface area contributed by atoms with Crippen LogP contribution in [-0.2, 0) is 10.8 Å². The molecule has 0 saturated heterocycles. The Labute approximate surface area is 466 Å². The Morgan fingerprint density at radius 2 is 0.637 bits per heavy atom. The molecule has 0 atom stereocenters. The van der Waals surface area contributed by atoms with Crippen LogP contribution in [0.15, 0.2) is 291 Å². The lowest BCUT2D eigenvalue weighted by Gasteiger charge is -2.36. The molecule has 80 heavy (non-hydrogen) atoms. The van der Waals surface area contributed by atoms with E-state index in [1.807, 2.05) is 0 Å². The normalized spacial score (nSPS) is 13.6. The van der Waals surface area contributed by atoms with Crippen molar-refractivity contribution in [3.63, 3.8) is 0 Å². The highest BCUT2D eigenvalue weighted by Gasteiger charge is 2.50. The highest BCUT2D eigenvalue weighted by Crippen LogP contribution is 2.63. The molecule has 0 saturated carbocycles. The van der Waals surface area contributed by atoms with Crippen LogP contribution in [0.3, 0.4) is 0 Å². The Bertz CT molecular complexity index is 4600. The van der Waals surface area contributed by atoms with E-state index in [1.54, 1.807) is 0 Å². The maximum atomic E-state index is 2.60. The number of anilines is 6. The lowest BCUT2D eigenvalue weighted by Crippen LogP contribution is -2.29. The lowest BCUT2D eigenvalue weighted by atomic mass is 9.67. The van der Waals surface area contributed by atoms with Crippen LogP contribution in [0.1, 0.15) is 47.2 Å². The van der Waals surface area contributed by atoms with Crippen molar-refractivity contribution < 1.29 is 0 Å². The van der Waals surface area contributed by atoms with Gasteiger partial charge in [-0.3, -0.25) is 0 Å². The molecule has 0 bridgehead atoms. The Morgan fingerprint density at radius 1 is 0.250 bits per heavy atom. The van der Waals surface area contributed by atoms with Gasteiger partial charge in [0.2, 0.25) is 0 Å². The van der Waals surface area contributed by atoms with E-state index in [-0.39, 0.29) is 5.41 Å². The molecule has 0 amide bonds. The maximum Gasteiger partial charge on any atom is 0.0714 e. The van der Waals surface area contributed by atoms with Crippen molar-refractivity contribution in [1.82, 2.24) is 0 Å². The molecule has 0 fully saturated rings. The summed E-state index contributed by atoms with van der Waals surface area (Å²) in [4.78, 5) is 5.06. The molecule has 2 nitrogen and oxygen atoms in total. The van der Waals surface area contributed by atoms with E-state index in [1.165, 1.54) is 109 Å².